The number of hydrogen-bond donors (Lipinski definition) is 1. The molecule has 2 aromatic rings. The summed E-state index contributed by atoms with van der Waals surface area (Å²) >= 11 is 0. The molecule has 0 aliphatic carbocycles. The van der Waals surface area contributed by atoms with E-state index in [2.05, 4.69) is 25.5 Å². The fraction of sp³-hybridized carbons (Fsp3) is 0.429. The Labute approximate surface area is 135 Å². The molecule has 128 valence electrons. The zero-order valence-electron chi connectivity index (χ0n) is 12.8. The van der Waals surface area contributed by atoms with Gasteiger partial charge < -0.3 is 10.2 Å². The Morgan fingerprint density at radius 1 is 1.21 bits per heavy atom. The molecule has 0 unspecified atom stereocenters. The van der Waals surface area contributed by atoms with Crippen LogP contribution in [0.2, 0.25) is 0 Å². The number of aromatic nitrogens is 4. The van der Waals surface area contributed by atoms with Crippen LogP contribution in [0.4, 0.5) is 24.8 Å². The number of nitrogens with zero attached hydrogens (tertiary/aromatic N) is 5. The van der Waals surface area contributed by atoms with Crippen molar-refractivity contribution < 1.29 is 18.0 Å². The smallest absolute Gasteiger partial charge is 0.355 e. The van der Waals surface area contributed by atoms with E-state index in [1.165, 1.54) is 6.07 Å². The Morgan fingerprint density at radius 3 is 2.46 bits per heavy atom. The van der Waals surface area contributed by atoms with Gasteiger partial charge in [-0.3, -0.25) is 9.48 Å². The highest BCUT2D eigenvalue weighted by Gasteiger charge is 2.35. The highest BCUT2D eigenvalue weighted by Crippen LogP contribution is 2.30. The molecule has 1 fully saturated rings. The molecule has 1 saturated heterocycles. The van der Waals surface area contributed by atoms with E-state index in [9.17, 15) is 18.0 Å². The molecular weight excluding hydrogens is 325 g/mol. The largest absolute Gasteiger partial charge is 0.433 e. The first-order valence-electron chi connectivity index (χ1n) is 7.36. The van der Waals surface area contributed by atoms with Crippen molar-refractivity contribution in [3.05, 3.63) is 29.6 Å². The Kier molecular flexibility index (Phi) is 4.12. The predicted octanol–water partition coefficient (Wildman–Crippen LogP) is 2.08. The van der Waals surface area contributed by atoms with Gasteiger partial charge in [-0.2, -0.15) is 18.3 Å². The van der Waals surface area contributed by atoms with Crippen molar-refractivity contribution in [3.8, 4) is 0 Å². The van der Waals surface area contributed by atoms with E-state index in [-0.39, 0.29) is 11.5 Å². The van der Waals surface area contributed by atoms with E-state index >= 15 is 0 Å². The minimum atomic E-state index is -4.54. The second-order valence-corrected chi connectivity index (χ2v) is 5.46. The maximum atomic E-state index is 12.7. The van der Waals surface area contributed by atoms with Crippen molar-refractivity contribution in [3.63, 3.8) is 0 Å². The Balaban J connectivity index is 1.71. The average molecular weight is 340 g/mol. The average Bonchev–Trinajstić information content (AvgIpc) is 3.16. The fourth-order valence-electron chi connectivity index (χ4n) is 2.54. The monoisotopic (exact) mass is 340 g/mol. The summed E-state index contributed by atoms with van der Waals surface area (Å²) in [4.78, 5) is 14.1. The summed E-state index contributed by atoms with van der Waals surface area (Å²) in [5, 5.41) is 13.8. The van der Waals surface area contributed by atoms with Gasteiger partial charge in [0, 0.05) is 26.2 Å². The molecule has 0 saturated carbocycles. The van der Waals surface area contributed by atoms with E-state index in [4.69, 9.17) is 0 Å². The van der Waals surface area contributed by atoms with Gasteiger partial charge in [0.1, 0.15) is 5.69 Å². The number of carbonyl (C=O) groups is 1. The number of carbonyl (C=O) groups excluding carboxylic acids is 1. The molecule has 3 heterocycles. The van der Waals surface area contributed by atoms with Crippen molar-refractivity contribution in [2.24, 2.45) is 7.05 Å². The van der Waals surface area contributed by atoms with Gasteiger partial charge in [-0.05, 0) is 25.0 Å². The van der Waals surface area contributed by atoms with E-state index in [1.807, 2.05) is 0 Å². The minimum absolute atomic E-state index is 0.0113. The number of rotatable bonds is 3. The van der Waals surface area contributed by atoms with Crippen LogP contribution in [-0.4, -0.2) is 39.0 Å². The molecule has 1 N–H and O–H groups in total. The second kappa shape index (κ2) is 6.10. The third-order valence-corrected chi connectivity index (χ3v) is 3.73. The summed E-state index contributed by atoms with van der Waals surface area (Å²) in [6.45, 7) is 1.79. The molecule has 2 aromatic heterocycles. The number of hydrogen-bond acceptors (Lipinski definition) is 5. The summed E-state index contributed by atoms with van der Waals surface area (Å²) in [5.41, 5.74) is -0.939. The van der Waals surface area contributed by atoms with E-state index < -0.39 is 17.8 Å². The Hall–Kier alpha value is -2.65. The lowest BCUT2D eigenvalue weighted by molar-refractivity contribution is -0.143. The molecular formula is C14H15F3N6O. The minimum Gasteiger partial charge on any atom is -0.355 e. The first-order valence-corrected chi connectivity index (χ1v) is 7.36. The molecule has 0 atom stereocenters. The van der Waals surface area contributed by atoms with Crippen LogP contribution in [0.15, 0.2) is 18.2 Å². The van der Waals surface area contributed by atoms with Crippen LogP contribution >= 0.6 is 0 Å². The van der Waals surface area contributed by atoms with Crippen molar-refractivity contribution >= 4 is 17.5 Å². The predicted molar refractivity (Wildman–Crippen MR) is 79.6 cm³/mol. The van der Waals surface area contributed by atoms with Crippen molar-refractivity contribution in [2.75, 3.05) is 23.3 Å². The number of alkyl halides is 3. The summed E-state index contributed by atoms with van der Waals surface area (Å²) < 4.78 is 38.8. The van der Waals surface area contributed by atoms with Gasteiger partial charge in [-0.1, -0.05) is 0 Å². The molecule has 10 heteroatoms. The molecule has 1 amide bonds. The first-order chi connectivity index (χ1) is 11.3. The highest BCUT2D eigenvalue weighted by molar-refractivity contribution is 6.02. The first kappa shape index (κ1) is 16.2. The summed E-state index contributed by atoms with van der Waals surface area (Å²) in [6, 6.07) is 3.93. The highest BCUT2D eigenvalue weighted by atomic mass is 19.4. The normalized spacial score (nSPS) is 14.9. The topological polar surface area (TPSA) is 75.9 Å². The van der Waals surface area contributed by atoms with Gasteiger partial charge in [-0.15, -0.1) is 10.2 Å². The maximum Gasteiger partial charge on any atom is 0.433 e. The van der Waals surface area contributed by atoms with Crippen LogP contribution in [0.5, 0.6) is 0 Å². The van der Waals surface area contributed by atoms with Gasteiger partial charge in [0.2, 0.25) is 0 Å². The summed E-state index contributed by atoms with van der Waals surface area (Å²) in [7, 11) is 1.16. The number of nitrogens with one attached hydrogen (secondary N) is 1. The SMILES string of the molecule is Cn1nc(NC(=O)c2ccc(N3CCCC3)nn2)cc1C(F)(F)F. The lowest BCUT2D eigenvalue weighted by Crippen LogP contribution is -2.21. The van der Waals surface area contributed by atoms with E-state index in [0.29, 0.717) is 10.5 Å². The third-order valence-electron chi connectivity index (χ3n) is 3.73. The molecule has 24 heavy (non-hydrogen) atoms. The van der Waals surface area contributed by atoms with Crippen LogP contribution in [0, 0.1) is 0 Å². The second-order valence-electron chi connectivity index (χ2n) is 5.46. The zero-order valence-corrected chi connectivity index (χ0v) is 12.8. The fourth-order valence-corrected chi connectivity index (χ4v) is 2.54. The van der Waals surface area contributed by atoms with Gasteiger partial charge in [-0.25, -0.2) is 0 Å². The van der Waals surface area contributed by atoms with Crippen LogP contribution < -0.4 is 10.2 Å². The van der Waals surface area contributed by atoms with Gasteiger partial charge in [0.05, 0.1) is 0 Å². The van der Waals surface area contributed by atoms with E-state index in [0.717, 1.165) is 39.0 Å². The van der Waals surface area contributed by atoms with Crippen molar-refractivity contribution in [1.82, 2.24) is 20.0 Å². The molecule has 1 aliphatic heterocycles. The summed E-state index contributed by atoms with van der Waals surface area (Å²) in [6.07, 6.45) is -2.36. The number of amides is 1. The summed E-state index contributed by atoms with van der Waals surface area (Å²) in [5.74, 6) is -0.177. The molecule has 7 nitrogen and oxygen atoms in total. The Bertz CT molecular complexity index is 734. The van der Waals surface area contributed by atoms with Crippen LogP contribution in [0.3, 0.4) is 0 Å². The molecule has 0 spiro atoms. The van der Waals surface area contributed by atoms with Crippen LogP contribution in [-0.2, 0) is 13.2 Å². The molecule has 3 rings (SSSR count). The zero-order chi connectivity index (χ0) is 17.3. The standard InChI is InChI=1S/C14H15F3N6O/c1-22-10(14(15,16)17)8-11(21-22)18-13(24)9-4-5-12(20-19-9)23-6-2-3-7-23/h4-5,8H,2-3,6-7H2,1H3,(H,18,21,24). The van der Waals surface area contributed by atoms with Gasteiger partial charge in [0.25, 0.3) is 5.91 Å². The maximum absolute atomic E-state index is 12.7. The lowest BCUT2D eigenvalue weighted by Gasteiger charge is -2.15. The molecule has 0 bridgehead atoms. The third kappa shape index (κ3) is 3.31. The Morgan fingerprint density at radius 2 is 1.92 bits per heavy atom. The molecule has 0 aromatic carbocycles. The molecule has 1 aliphatic rings. The number of anilines is 2. The lowest BCUT2D eigenvalue weighted by atomic mass is 10.3. The van der Waals surface area contributed by atoms with Crippen LogP contribution in [0.1, 0.15) is 29.0 Å². The van der Waals surface area contributed by atoms with Gasteiger partial charge >= 0.3 is 6.18 Å². The quantitative estimate of drug-likeness (QED) is 0.926. The number of halogens is 3. The van der Waals surface area contributed by atoms with Gasteiger partial charge in [0.15, 0.2) is 17.3 Å². The number of aryl methyl sites for hydroxylation is 1. The van der Waals surface area contributed by atoms with Crippen molar-refractivity contribution in [2.45, 2.75) is 19.0 Å². The molecule has 0 radical (unpaired) electrons. The van der Waals surface area contributed by atoms with Crippen molar-refractivity contribution in [1.29, 1.82) is 0 Å². The van der Waals surface area contributed by atoms with Crippen LogP contribution in [0.25, 0.3) is 0 Å². The van der Waals surface area contributed by atoms with E-state index in [1.54, 1.807) is 6.07 Å².